The minimum absolute atomic E-state index is 0.0325. The summed E-state index contributed by atoms with van der Waals surface area (Å²) in [6.07, 6.45) is 0. The molecular formula is C13H20N4OS. The molecule has 0 fully saturated rings. The summed E-state index contributed by atoms with van der Waals surface area (Å²) in [6.45, 7) is 5.60. The number of nitrogens with two attached hydrogens (primary N) is 1. The van der Waals surface area contributed by atoms with Gasteiger partial charge in [0, 0.05) is 19.8 Å². The first-order valence-corrected chi connectivity index (χ1v) is 6.40. The van der Waals surface area contributed by atoms with Crippen molar-refractivity contribution in [2.45, 2.75) is 26.8 Å². The highest BCUT2D eigenvalue weighted by atomic mass is 32.1. The minimum Gasteiger partial charge on any atom is -0.389 e. The van der Waals surface area contributed by atoms with Crippen molar-refractivity contribution in [3.8, 4) is 0 Å². The summed E-state index contributed by atoms with van der Waals surface area (Å²) in [6, 6.07) is 1.52. The molecule has 0 saturated heterocycles. The number of aryl methyl sites for hydroxylation is 2. The van der Waals surface area contributed by atoms with Gasteiger partial charge in [0.15, 0.2) is 0 Å². The molecule has 104 valence electrons. The number of hydrogen-bond acceptors (Lipinski definition) is 4. The third-order valence-corrected chi connectivity index (χ3v) is 2.96. The van der Waals surface area contributed by atoms with E-state index in [0.717, 1.165) is 11.3 Å². The van der Waals surface area contributed by atoms with Gasteiger partial charge in [0.05, 0.1) is 5.56 Å². The van der Waals surface area contributed by atoms with E-state index in [0.29, 0.717) is 11.4 Å². The lowest BCUT2D eigenvalue weighted by atomic mass is 10.1. The van der Waals surface area contributed by atoms with E-state index >= 15 is 0 Å². The zero-order chi connectivity index (χ0) is 14.7. The van der Waals surface area contributed by atoms with Gasteiger partial charge in [0.2, 0.25) is 5.91 Å². The predicted octanol–water partition coefficient (Wildman–Crippen LogP) is 1.22. The van der Waals surface area contributed by atoms with Crippen molar-refractivity contribution in [3.05, 3.63) is 22.9 Å². The summed E-state index contributed by atoms with van der Waals surface area (Å²) in [5.74, 6) is 0.530. The molecular weight excluding hydrogens is 260 g/mol. The monoisotopic (exact) mass is 280 g/mol. The van der Waals surface area contributed by atoms with Gasteiger partial charge < -0.3 is 16.0 Å². The van der Waals surface area contributed by atoms with Crippen LogP contribution in [0.15, 0.2) is 6.07 Å². The largest absolute Gasteiger partial charge is 0.389 e. The van der Waals surface area contributed by atoms with Crippen molar-refractivity contribution in [2.75, 3.05) is 19.4 Å². The zero-order valence-corrected chi connectivity index (χ0v) is 12.8. The molecule has 5 nitrogen and oxygen atoms in total. The van der Waals surface area contributed by atoms with Crippen LogP contribution in [0.5, 0.6) is 0 Å². The van der Waals surface area contributed by atoms with Crippen molar-refractivity contribution in [2.24, 2.45) is 5.73 Å². The van der Waals surface area contributed by atoms with Crippen LogP contribution in [-0.4, -0.2) is 40.9 Å². The van der Waals surface area contributed by atoms with E-state index in [1.807, 2.05) is 19.9 Å². The maximum atomic E-state index is 11.9. The Morgan fingerprint density at radius 1 is 1.47 bits per heavy atom. The van der Waals surface area contributed by atoms with E-state index in [1.165, 1.54) is 4.90 Å². The lowest BCUT2D eigenvalue weighted by Crippen LogP contribution is -2.37. The first kappa shape index (κ1) is 15.4. The lowest BCUT2D eigenvalue weighted by molar-refractivity contribution is -0.129. The van der Waals surface area contributed by atoms with E-state index in [2.05, 4.69) is 10.3 Å². The van der Waals surface area contributed by atoms with Crippen molar-refractivity contribution >= 4 is 28.9 Å². The van der Waals surface area contributed by atoms with Crippen LogP contribution in [0.2, 0.25) is 0 Å². The Balaban J connectivity index is 3.13. The third-order valence-electron chi connectivity index (χ3n) is 2.76. The molecule has 1 rings (SSSR count). The van der Waals surface area contributed by atoms with Gasteiger partial charge in [-0.3, -0.25) is 4.79 Å². The normalized spacial score (nSPS) is 11.8. The molecule has 3 N–H and O–H groups in total. The average molecular weight is 280 g/mol. The Bertz CT molecular complexity index is 514. The maximum Gasteiger partial charge on any atom is 0.244 e. The number of rotatable bonds is 4. The van der Waals surface area contributed by atoms with E-state index < -0.39 is 6.04 Å². The molecule has 1 aromatic heterocycles. The molecule has 1 heterocycles. The maximum absolute atomic E-state index is 11.9. The highest BCUT2D eigenvalue weighted by Crippen LogP contribution is 2.19. The molecule has 0 bridgehead atoms. The van der Waals surface area contributed by atoms with Crippen LogP contribution in [-0.2, 0) is 4.79 Å². The summed E-state index contributed by atoms with van der Waals surface area (Å²) < 4.78 is 0. The van der Waals surface area contributed by atoms with Gasteiger partial charge in [0.25, 0.3) is 0 Å². The second kappa shape index (κ2) is 5.97. The lowest BCUT2D eigenvalue weighted by Gasteiger charge is -2.21. The predicted molar refractivity (Wildman–Crippen MR) is 81.4 cm³/mol. The second-order valence-electron chi connectivity index (χ2n) is 4.77. The standard InChI is InChI=1S/C13H20N4OS/c1-7-6-8(2)15-12(10(7)11(14)19)16-9(3)13(18)17(4)5/h6,9H,1-5H3,(H2,14,19)(H,15,16). The van der Waals surface area contributed by atoms with Crippen LogP contribution in [0, 0.1) is 13.8 Å². The van der Waals surface area contributed by atoms with Gasteiger partial charge in [-0.15, -0.1) is 0 Å². The third kappa shape index (κ3) is 3.64. The van der Waals surface area contributed by atoms with Gasteiger partial charge in [-0.1, -0.05) is 12.2 Å². The first-order chi connectivity index (χ1) is 8.73. The van der Waals surface area contributed by atoms with E-state index in [-0.39, 0.29) is 10.9 Å². The topological polar surface area (TPSA) is 71.2 Å². The van der Waals surface area contributed by atoms with E-state index in [4.69, 9.17) is 18.0 Å². The number of aromatic nitrogens is 1. The molecule has 0 aliphatic carbocycles. The summed E-state index contributed by atoms with van der Waals surface area (Å²) in [5.41, 5.74) is 8.23. The van der Waals surface area contributed by atoms with Gasteiger partial charge in [0.1, 0.15) is 16.8 Å². The average Bonchev–Trinajstić information content (AvgIpc) is 2.25. The molecule has 0 spiro atoms. The number of anilines is 1. The summed E-state index contributed by atoms with van der Waals surface area (Å²) in [4.78, 5) is 18.1. The fraction of sp³-hybridized carbons (Fsp3) is 0.462. The second-order valence-corrected chi connectivity index (χ2v) is 5.21. The van der Waals surface area contributed by atoms with Gasteiger partial charge in [-0.05, 0) is 32.4 Å². The molecule has 1 atom stereocenters. The van der Waals surface area contributed by atoms with Crippen molar-refractivity contribution < 1.29 is 4.79 Å². The number of nitrogens with zero attached hydrogens (tertiary/aromatic N) is 2. The SMILES string of the molecule is Cc1cc(C)c(C(N)=S)c(NC(C)C(=O)N(C)C)n1. The molecule has 1 aromatic rings. The molecule has 1 unspecified atom stereocenters. The van der Waals surface area contributed by atoms with Crippen molar-refractivity contribution in [3.63, 3.8) is 0 Å². The molecule has 0 aromatic carbocycles. The number of carbonyl (C=O) groups excluding carboxylic acids is 1. The van der Waals surface area contributed by atoms with Crippen LogP contribution in [0.3, 0.4) is 0 Å². The number of pyridine rings is 1. The number of hydrogen-bond donors (Lipinski definition) is 2. The molecule has 0 radical (unpaired) electrons. The van der Waals surface area contributed by atoms with Crippen LogP contribution in [0.4, 0.5) is 5.82 Å². The number of amides is 1. The van der Waals surface area contributed by atoms with Crippen LogP contribution < -0.4 is 11.1 Å². The molecule has 0 aliphatic rings. The van der Waals surface area contributed by atoms with Crippen LogP contribution in [0.1, 0.15) is 23.7 Å². The van der Waals surface area contributed by atoms with Gasteiger partial charge in [-0.25, -0.2) is 4.98 Å². The summed E-state index contributed by atoms with van der Waals surface area (Å²) in [5, 5.41) is 3.08. The van der Waals surface area contributed by atoms with Gasteiger partial charge in [-0.2, -0.15) is 0 Å². The molecule has 0 saturated carbocycles. The minimum atomic E-state index is -0.392. The smallest absolute Gasteiger partial charge is 0.244 e. The Morgan fingerprint density at radius 2 is 2.05 bits per heavy atom. The number of nitrogens with one attached hydrogen (secondary N) is 1. The fourth-order valence-corrected chi connectivity index (χ4v) is 2.16. The number of carbonyl (C=O) groups is 1. The van der Waals surface area contributed by atoms with Crippen LogP contribution in [0.25, 0.3) is 0 Å². The first-order valence-electron chi connectivity index (χ1n) is 5.99. The Morgan fingerprint density at radius 3 is 2.53 bits per heavy atom. The molecule has 6 heteroatoms. The van der Waals surface area contributed by atoms with Crippen molar-refractivity contribution in [1.29, 1.82) is 0 Å². The Labute approximate surface area is 119 Å². The summed E-state index contributed by atoms with van der Waals surface area (Å²) >= 11 is 5.05. The Hall–Kier alpha value is -1.69. The fourth-order valence-electron chi connectivity index (χ4n) is 1.91. The number of thiocarbonyl (C=S) groups is 1. The highest BCUT2D eigenvalue weighted by molar-refractivity contribution is 7.80. The van der Waals surface area contributed by atoms with Crippen molar-refractivity contribution in [1.82, 2.24) is 9.88 Å². The van der Waals surface area contributed by atoms with Crippen LogP contribution >= 0.6 is 12.2 Å². The van der Waals surface area contributed by atoms with Gasteiger partial charge >= 0.3 is 0 Å². The highest BCUT2D eigenvalue weighted by Gasteiger charge is 2.18. The molecule has 0 aliphatic heterocycles. The van der Waals surface area contributed by atoms with E-state index in [9.17, 15) is 4.79 Å². The number of likely N-dealkylation sites (N-methyl/N-ethyl adjacent to an activating group) is 1. The molecule has 19 heavy (non-hydrogen) atoms. The molecule has 1 amide bonds. The quantitative estimate of drug-likeness (QED) is 0.812. The Kier molecular flexibility index (Phi) is 4.83. The summed E-state index contributed by atoms with van der Waals surface area (Å²) in [7, 11) is 3.42. The zero-order valence-electron chi connectivity index (χ0n) is 11.9. The van der Waals surface area contributed by atoms with E-state index in [1.54, 1.807) is 21.0 Å².